The third-order valence-electron chi connectivity index (χ3n) is 2.95. The molecule has 1 N–H and O–H groups in total. The third-order valence-corrected chi connectivity index (χ3v) is 2.95. The SMILES string of the molecule is COc1ccccc1NCCN1CCOCC1. The molecule has 4 nitrogen and oxygen atoms in total. The molecular formula is C13H20N2O2. The summed E-state index contributed by atoms with van der Waals surface area (Å²) in [5.74, 6) is 0.898. The van der Waals surface area contributed by atoms with Crippen LogP contribution in [-0.2, 0) is 4.74 Å². The lowest BCUT2D eigenvalue weighted by molar-refractivity contribution is 0.0398. The molecule has 1 fully saturated rings. The Bertz CT molecular complexity index is 338. The van der Waals surface area contributed by atoms with E-state index in [-0.39, 0.29) is 0 Å². The van der Waals surface area contributed by atoms with E-state index in [0.29, 0.717) is 0 Å². The van der Waals surface area contributed by atoms with Gasteiger partial charge in [0.05, 0.1) is 26.0 Å². The highest BCUT2D eigenvalue weighted by Crippen LogP contribution is 2.22. The van der Waals surface area contributed by atoms with Crippen molar-refractivity contribution in [2.75, 3.05) is 51.8 Å². The second-order valence-electron chi connectivity index (χ2n) is 4.08. The largest absolute Gasteiger partial charge is 0.495 e. The number of hydrogen-bond donors (Lipinski definition) is 1. The normalized spacial score (nSPS) is 16.8. The summed E-state index contributed by atoms with van der Waals surface area (Å²) in [6.07, 6.45) is 0. The molecule has 0 spiro atoms. The number of morpholine rings is 1. The summed E-state index contributed by atoms with van der Waals surface area (Å²) in [5.41, 5.74) is 1.06. The Hall–Kier alpha value is -1.26. The lowest BCUT2D eigenvalue weighted by Crippen LogP contribution is -2.39. The fraction of sp³-hybridized carbons (Fsp3) is 0.538. The van der Waals surface area contributed by atoms with E-state index >= 15 is 0 Å². The lowest BCUT2D eigenvalue weighted by atomic mass is 10.3. The van der Waals surface area contributed by atoms with Crippen molar-refractivity contribution in [3.8, 4) is 5.75 Å². The van der Waals surface area contributed by atoms with E-state index in [0.717, 1.165) is 50.8 Å². The second kappa shape index (κ2) is 6.47. The third kappa shape index (κ3) is 3.61. The van der Waals surface area contributed by atoms with Crippen molar-refractivity contribution in [1.82, 2.24) is 4.90 Å². The molecule has 1 heterocycles. The number of hydrogen-bond acceptors (Lipinski definition) is 4. The maximum absolute atomic E-state index is 5.32. The van der Waals surface area contributed by atoms with Crippen molar-refractivity contribution in [2.24, 2.45) is 0 Å². The highest BCUT2D eigenvalue weighted by atomic mass is 16.5. The van der Waals surface area contributed by atoms with Gasteiger partial charge in [0, 0.05) is 26.2 Å². The Kier molecular flexibility index (Phi) is 4.64. The summed E-state index contributed by atoms with van der Waals surface area (Å²) in [7, 11) is 1.70. The molecule has 0 aromatic heterocycles. The number of para-hydroxylation sites is 2. The van der Waals surface area contributed by atoms with Crippen LogP contribution in [-0.4, -0.2) is 51.4 Å². The van der Waals surface area contributed by atoms with Crippen LogP contribution in [0.2, 0.25) is 0 Å². The van der Waals surface area contributed by atoms with E-state index in [2.05, 4.69) is 10.2 Å². The first-order chi connectivity index (χ1) is 8.40. The highest BCUT2D eigenvalue weighted by Gasteiger charge is 2.09. The molecule has 1 aliphatic heterocycles. The van der Waals surface area contributed by atoms with Gasteiger partial charge in [-0.1, -0.05) is 12.1 Å². The Morgan fingerprint density at radius 2 is 2.06 bits per heavy atom. The number of methoxy groups -OCH3 is 1. The maximum Gasteiger partial charge on any atom is 0.141 e. The van der Waals surface area contributed by atoms with Crippen molar-refractivity contribution in [2.45, 2.75) is 0 Å². The Morgan fingerprint density at radius 3 is 2.82 bits per heavy atom. The van der Waals surface area contributed by atoms with Gasteiger partial charge in [0.2, 0.25) is 0 Å². The van der Waals surface area contributed by atoms with Gasteiger partial charge in [0.25, 0.3) is 0 Å². The van der Waals surface area contributed by atoms with Crippen molar-refractivity contribution in [3.63, 3.8) is 0 Å². The van der Waals surface area contributed by atoms with Gasteiger partial charge >= 0.3 is 0 Å². The van der Waals surface area contributed by atoms with Crippen LogP contribution < -0.4 is 10.1 Å². The minimum atomic E-state index is 0.856. The maximum atomic E-state index is 5.32. The quantitative estimate of drug-likeness (QED) is 0.838. The molecule has 1 aromatic carbocycles. The van der Waals surface area contributed by atoms with Crippen molar-refractivity contribution >= 4 is 5.69 Å². The second-order valence-corrected chi connectivity index (χ2v) is 4.08. The van der Waals surface area contributed by atoms with E-state index in [9.17, 15) is 0 Å². The van der Waals surface area contributed by atoms with Crippen molar-refractivity contribution < 1.29 is 9.47 Å². The fourth-order valence-electron chi connectivity index (χ4n) is 1.96. The average molecular weight is 236 g/mol. The van der Waals surface area contributed by atoms with E-state index in [4.69, 9.17) is 9.47 Å². The number of rotatable bonds is 5. The number of nitrogens with zero attached hydrogens (tertiary/aromatic N) is 1. The summed E-state index contributed by atoms with van der Waals surface area (Å²) < 4.78 is 10.6. The van der Waals surface area contributed by atoms with Gasteiger partial charge in [-0.25, -0.2) is 0 Å². The molecule has 0 aliphatic carbocycles. The molecular weight excluding hydrogens is 216 g/mol. The molecule has 4 heteroatoms. The predicted octanol–water partition coefficient (Wildman–Crippen LogP) is 1.44. The summed E-state index contributed by atoms with van der Waals surface area (Å²) in [4.78, 5) is 2.41. The van der Waals surface area contributed by atoms with E-state index in [1.54, 1.807) is 7.11 Å². The van der Waals surface area contributed by atoms with Gasteiger partial charge in [-0.05, 0) is 12.1 Å². The molecule has 0 radical (unpaired) electrons. The monoisotopic (exact) mass is 236 g/mol. The van der Waals surface area contributed by atoms with Crippen LogP contribution in [0.5, 0.6) is 5.75 Å². The number of benzene rings is 1. The summed E-state index contributed by atoms with van der Waals surface area (Å²) >= 11 is 0. The Labute approximate surface area is 103 Å². The molecule has 0 bridgehead atoms. The average Bonchev–Trinajstić information content (AvgIpc) is 2.40. The summed E-state index contributed by atoms with van der Waals surface area (Å²) in [5, 5.41) is 3.40. The molecule has 0 amide bonds. The van der Waals surface area contributed by atoms with Gasteiger partial charge < -0.3 is 14.8 Å². The van der Waals surface area contributed by atoms with Crippen molar-refractivity contribution in [1.29, 1.82) is 0 Å². The first-order valence-electron chi connectivity index (χ1n) is 6.07. The predicted molar refractivity (Wildman–Crippen MR) is 68.7 cm³/mol. The zero-order valence-corrected chi connectivity index (χ0v) is 10.3. The first kappa shape index (κ1) is 12.2. The molecule has 2 rings (SSSR count). The molecule has 94 valence electrons. The molecule has 0 unspecified atom stereocenters. The standard InChI is InChI=1S/C13H20N2O2/c1-16-13-5-3-2-4-12(13)14-6-7-15-8-10-17-11-9-15/h2-5,14H,6-11H2,1H3. The van der Waals surface area contributed by atoms with Crippen LogP contribution >= 0.6 is 0 Å². The van der Waals surface area contributed by atoms with Crippen LogP contribution in [0.15, 0.2) is 24.3 Å². The van der Waals surface area contributed by atoms with E-state index in [1.165, 1.54) is 0 Å². The lowest BCUT2D eigenvalue weighted by Gasteiger charge is -2.26. The van der Waals surface area contributed by atoms with E-state index in [1.807, 2.05) is 24.3 Å². The number of ether oxygens (including phenoxy) is 2. The minimum absolute atomic E-state index is 0.856. The molecule has 17 heavy (non-hydrogen) atoms. The van der Waals surface area contributed by atoms with Crippen molar-refractivity contribution in [3.05, 3.63) is 24.3 Å². The minimum Gasteiger partial charge on any atom is -0.495 e. The fourth-order valence-corrected chi connectivity index (χ4v) is 1.96. The zero-order chi connectivity index (χ0) is 11.9. The Morgan fingerprint density at radius 1 is 1.29 bits per heavy atom. The zero-order valence-electron chi connectivity index (χ0n) is 10.3. The van der Waals surface area contributed by atoms with Crippen LogP contribution in [0.25, 0.3) is 0 Å². The Balaban J connectivity index is 1.77. The van der Waals surface area contributed by atoms with Gasteiger partial charge in [-0.3, -0.25) is 4.90 Å². The van der Waals surface area contributed by atoms with Gasteiger partial charge in [-0.2, -0.15) is 0 Å². The van der Waals surface area contributed by atoms with Crippen LogP contribution in [0.3, 0.4) is 0 Å². The smallest absolute Gasteiger partial charge is 0.141 e. The van der Waals surface area contributed by atoms with Gasteiger partial charge in [0.1, 0.15) is 5.75 Å². The van der Waals surface area contributed by atoms with Crippen LogP contribution in [0.1, 0.15) is 0 Å². The molecule has 1 aromatic rings. The molecule has 1 saturated heterocycles. The van der Waals surface area contributed by atoms with Gasteiger partial charge in [0.15, 0.2) is 0 Å². The molecule has 0 atom stereocenters. The highest BCUT2D eigenvalue weighted by molar-refractivity contribution is 5.56. The topological polar surface area (TPSA) is 33.7 Å². The van der Waals surface area contributed by atoms with Crippen LogP contribution in [0.4, 0.5) is 5.69 Å². The van der Waals surface area contributed by atoms with E-state index < -0.39 is 0 Å². The summed E-state index contributed by atoms with van der Waals surface area (Å²) in [6, 6.07) is 8.00. The first-order valence-corrected chi connectivity index (χ1v) is 6.07. The number of nitrogens with one attached hydrogen (secondary N) is 1. The molecule has 1 aliphatic rings. The van der Waals surface area contributed by atoms with Gasteiger partial charge in [-0.15, -0.1) is 0 Å². The number of anilines is 1. The summed E-state index contributed by atoms with van der Waals surface area (Å²) in [6.45, 7) is 5.76. The van der Waals surface area contributed by atoms with Crippen LogP contribution in [0, 0.1) is 0 Å². The molecule has 0 saturated carbocycles.